The summed E-state index contributed by atoms with van der Waals surface area (Å²) in [6, 6.07) is 4.92. The van der Waals surface area contributed by atoms with Crippen molar-refractivity contribution in [3.63, 3.8) is 0 Å². The second kappa shape index (κ2) is 5.92. The van der Waals surface area contributed by atoms with Crippen molar-refractivity contribution in [2.45, 2.75) is 18.9 Å². The Morgan fingerprint density at radius 1 is 1.48 bits per heavy atom. The highest BCUT2D eigenvalue weighted by molar-refractivity contribution is 5.73. The average molecular weight is 288 g/mol. The van der Waals surface area contributed by atoms with Crippen molar-refractivity contribution in [1.29, 1.82) is 0 Å². The van der Waals surface area contributed by atoms with Crippen LogP contribution in [-0.2, 0) is 11.2 Å². The number of nitrogens with zero attached hydrogens (tertiary/aromatic N) is 3. The summed E-state index contributed by atoms with van der Waals surface area (Å²) in [6.07, 6.45) is 4.86. The van der Waals surface area contributed by atoms with Gasteiger partial charge in [-0.3, -0.25) is 0 Å². The van der Waals surface area contributed by atoms with Gasteiger partial charge in [0.25, 0.3) is 0 Å². The first-order valence-corrected chi connectivity index (χ1v) is 6.74. The van der Waals surface area contributed by atoms with E-state index in [1.54, 1.807) is 18.5 Å². The number of rotatable bonds is 4. The number of carbonyl (C=O) groups excluding carboxylic acids is 1. The molecule has 3 rings (SSSR count). The minimum absolute atomic E-state index is 0.0922. The van der Waals surface area contributed by atoms with Crippen LogP contribution in [0.15, 0.2) is 30.6 Å². The summed E-state index contributed by atoms with van der Waals surface area (Å²) in [7, 11) is 0. The minimum Gasteiger partial charge on any atom is -0.472 e. The van der Waals surface area contributed by atoms with Crippen LogP contribution >= 0.6 is 0 Å². The van der Waals surface area contributed by atoms with Crippen molar-refractivity contribution in [3.05, 3.63) is 41.9 Å². The van der Waals surface area contributed by atoms with Gasteiger partial charge in [0.15, 0.2) is 0 Å². The quantitative estimate of drug-likeness (QED) is 0.904. The highest BCUT2D eigenvalue weighted by Gasteiger charge is 2.17. The van der Waals surface area contributed by atoms with Gasteiger partial charge < -0.3 is 15.2 Å². The normalized spacial score (nSPS) is 17.8. The van der Waals surface area contributed by atoms with Crippen LogP contribution in [0.1, 0.15) is 17.7 Å². The summed E-state index contributed by atoms with van der Waals surface area (Å²) >= 11 is 0. The van der Waals surface area contributed by atoms with E-state index in [1.807, 2.05) is 12.1 Å². The number of hydrogen-bond acceptors (Lipinski definition) is 5. The molecule has 7 nitrogen and oxygen atoms in total. The predicted molar refractivity (Wildman–Crippen MR) is 74.1 cm³/mol. The van der Waals surface area contributed by atoms with E-state index >= 15 is 0 Å². The highest BCUT2D eigenvalue weighted by atomic mass is 16.5. The molecule has 1 fully saturated rings. The molecule has 2 aromatic rings. The third-order valence-corrected chi connectivity index (χ3v) is 3.23. The van der Waals surface area contributed by atoms with Crippen LogP contribution in [0.25, 0.3) is 0 Å². The van der Waals surface area contributed by atoms with Crippen molar-refractivity contribution in [2.24, 2.45) is 5.73 Å². The summed E-state index contributed by atoms with van der Waals surface area (Å²) in [5.41, 5.74) is 6.88. The molecule has 1 unspecified atom stereocenters. The van der Waals surface area contributed by atoms with Gasteiger partial charge in [0.05, 0.1) is 18.9 Å². The maximum Gasteiger partial charge on any atom is 0.339 e. The number of nitrogens with two attached hydrogens (primary N) is 1. The summed E-state index contributed by atoms with van der Waals surface area (Å²) in [6.45, 7) is 1.36. The lowest BCUT2D eigenvalue weighted by atomic mass is 10.2. The lowest BCUT2D eigenvalue weighted by Gasteiger charge is -2.10. The van der Waals surface area contributed by atoms with Gasteiger partial charge in [0, 0.05) is 31.3 Å². The fourth-order valence-corrected chi connectivity index (χ4v) is 2.15. The largest absolute Gasteiger partial charge is 0.472 e. The monoisotopic (exact) mass is 288 g/mol. The molecule has 2 aromatic heterocycles. The topological polar surface area (TPSA) is 92.3 Å². The lowest BCUT2D eigenvalue weighted by molar-refractivity contribution is 0.138. The van der Waals surface area contributed by atoms with Gasteiger partial charge in [-0.15, -0.1) is 0 Å². The maximum atomic E-state index is 11.0. The Morgan fingerprint density at radius 2 is 2.38 bits per heavy atom. The summed E-state index contributed by atoms with van der Waals surface area (Å²) < 4.78 is 12.1. The number of aromatic nitrogens is 3. The van der Waals surface area contributed by atoms with Crippen molar-refractivity contribution < 1.29 is 14.3 Å². The molecule has 0 radical (unpaired) electrons. The second-order valence-electron chi connectivity index (χ2n) is 4.87. The van der Waals surface area contributed by atoms with Gasteiger partial charge in [-0.05, 0) is 11.6 Å². The molecule has 1 saturated heterocycles. The van der Waals surface area contributed by atoms with E-state index in [4.69, 9.17) is 15.2 Å². The molecule has 1 amide bonds. The average Bonchev–Trinajstić information content (AvgIpc) is 3.12. The van der Waals surface area contributed by atoms with E-state index in [2.05, 4.69) is 10.1 Å². The molecule has 0 saturated carbocycles. The Kier molecular flexibility index (Phi) is 3.83. The maximum absolute atomic E-state index is 11.0. The molecule has 7 heteroatoms. The fourth-order valence-electron chi connectivity index (χ4n) is 2.15. The Balaban J connectivity index is 1.61. The van der Waals surface area contributed by atoms with Crippen LogP contribution in [0.3, 0.4) is 0 Å². The minimum atomic E-state index is -0.595. The van der Waals surface area contributed by atoms with E-state index < -0.39 is 6.03 Å². The predicted octanol–water partition coefficient (Wildman–Crippen LogP) is 0.963. The molecule has 1 aliphatic heterocycles. The molecular weight excluding hydrogens is 272 g/mol. The molecule has 3 heterocycles. The van der Waals surface area contributed by atoms with E-state index in [0.29, 0.717) is 18.9 Å². The first-order valence-electron chi connectivity index (χ1n) is 6.74. The van der Waals surface area contributed by atoms with E-state index in [0.717, 1.165) is 29.0 Å². The summed E-state index contributed by atoms with van der Waals surface area (Å²) in [4.78, 5) is 15.2. The number of hydrogen-bond donors (Lipinski definition) is 1. The Hall–Kier alpha value is -2.41. The molecule has 0 aliphatic carbocycles. The van der Waals surface area contributed by atoms with E-state index in [-0.39, 0.29) is 6.10 Å². The molecule has 0 spiro atoms. The van der Waals surface area contributed by atoms with E-state index in [9.17, 15) is 4.79 Å². The molecule has 1 aliphatic rings. The van der Waals surface area contributed by atoms with E-state index in [1.165, 1.54) is 0 Å². The Bertz CT molecular complexity index is 617. The second-order valence-corrected chi connectivity index (χ2v) is 4.87. The highest BCUT2D eigenvalue weighted by Crippen LogP contribution is 2.15. The third-order valence-electron chi connectivity index (χ3n) is 3.23. The summed E-state index contributed by atoms with van der Waals surface area (Å²) in [5, 5.41) is 4.08. The number of ether oxygens (including phenoxy) is 2. The van der Waals surface area contributed by atoms with Gasteiger partial charge in [-0.25, -0.2) is 9.78 Å². The van der Waals surface area contributed by atoms with Gasteiger partial charge >= 0.3 is 6.03 Å². The molecule has 110 valence electrons. The van der Waals surface area contributed by atoms with Gasteiger partial charge in [-0.2, -0.15) is 9.78 Å². The van der Waals surface area contributed by atoms with Crippen molar-refractivity contribution >= 4 is 6.03 Å². The molecule has 2 N–H and O–H groups in total. The first-order chi connectivity index (χ1) is 10.2. The lowest BCUT2D eigenvalue weighted by Crippen LogP contribution is -2.20. The smallest absolute Gasteiger partial charge is 0.339 e. The SMILES string of the molecule is NC(=O)n1ccc(Cc2ccc(OC3CCOC3)nc2)n1. The molecule has 0 aromatic carbocycles. The number of amides is 1. The zero-order valence-electron chi connectivity index (χ0n) is 11.4. The summed E-state index contributed by atoms with van der Waals surface area (Å²) in [5.74, 6) is 0.594. The standard InChI is InChI=1S/C14H16N4O3/c15-14(19)18-5-3-11(17-18)7-10-1-2-13(16-8-10)21-12-4-6-20-9-12/h1-3,5,8,12H,4,6-7,9H2,(H2,15,19). The van der Waals surface area contributed by atoms with Crippen molar-refractivity contribution in [2.75, 3.05) is 13.2 Å². The van der Waals surface area contributed by atoms with Crippen LogP contribution in [0, 0.1) is 0 Å². The first kappa shape index (κ1) is 13.6. The molecule has 1 atom stereocenters. The zero-order valence-corrected chi connectivity index (χ0v) is 11.4. The zero-order chi connectivity index (χ0) is 14.7. The fraction of sp³-hybridized carbons (Fsp3) is 0.357. The van der Waals surface area contributed by atoms with Crippen LogP contribution in [0.5, 0.6) is 5.88 Å². The van der Waals surface area contributed by atoms with Gasteiger partial charge in [0.2, 0.25) is 5.88 Å². The van der Waals surface area contributed by atoms with Crippen molar-refractivity contribution in [1.82, 2.24) is 14.8 Å². The van der Waals surface area contributed by atoms with Crippen LogP contribution < -0.4 is 10.5 Å². The van der Waals surface area contributed by atoms with Crippen LogP contribution in [0.4, 0.5) is 4.79 Å². The third kappa shape index (κ3) is 3.38. The van der Waals surface area contributed by atoms with Crippen molar-refractivity contribution in [3.8, 4) is 5.88 Å². The number of carbonyl (C=O) groups is 1. The molecular formula is C14H16N4O3. The Morgan fingerprint density at radius 3 is 3.00 bits per heavy atom. The molecule has 0 bridgehead atoms. The van der Waals surface area contributed by atoms with Crippen LogP contribution in [0.2, 0.25) is 0 Å². The number of pyridine rings is 1. The number of primary amides is 1. The van der Waals surface area contributed by atoms with Gasteiger partial charge in [0.1, 0.15) is 6.10 Å². The Labute approximate surface area is 121 Å². The molecule has 21 heavy (non-hydrogen) atoms. The van der Waals surface area contributed by atoms with Crippen LogP contribution in [-0.4, -0.2) is 40.1 Å². The van der Waals surface area contributed by atoms with Gasteiger partial charge in [-0.1, -0.05) is 6.07 Å².